The number of carbonyl (C=O) groups is 3. The second-order valence-electron chi connectivity index (χ2n) is 3.83. The van der Waals surface area contributed by atoms with Gasteiger partial charge in [0.05, 0.1) is 13.2 Å². The number of hydrogen-bond acceptors (Lipinski definition) is 5. The number of rotatable bonds is 9. The number of amides is 2. The molecule has 20 heavy (non-hydrogen) atoms. The van der Waals surface area contributed by atoms with Gasteiger partial charge in [0.25, 0.3) is 0 Å². The second-order valence-corrected chi connectivity index (χ2v) is 3.83. The third kappa shape index (κ3) is 9.69. The van der Waals surface area contributed by atoms with Crippen LogP contribution in [0, 0.1) is 0 Å². The number of alkyl carbamates (subject to hydrolysis) is 1. The van der Waals surface area contributed by atoms with Gasteiger partial charge in [-0.15, -0.1) is 0 Å². The lowest BCUT2D eigenvalue weighted by atomic mass is 10.4. The van der Waals surface area contributed by atoms with Crippen LogP contribution in [-0.4, -0.2) is 44.3 Å². The van der Waals surface area contributed by atoms with Gasteiger partial charge in [0, 0.05) is 12.1 Å². The van der Waals surface area contributed by atoms with E-state index in [1.807, 2.05) is 0 Å². The van der Waals surface area contributed by atoms with Crippen molar-refractivity contribution in [1.82, 2.24) is 10.6 Å². The Morgan fingerprint density at radius 2 is 1.80 bits per heavy atom. The Morgan fingerprint density at radius 3 is 2.40 bits per heavy atom. The second kappa shape index (κ2) is 10.6. The van der Waals surface area contributed by atoms with Crippen molar-refractivity contribution in [3.8, 4) is 0 Å². The summed E-state index contributed by atoms with van der Waals surface area (Å²) in [5.41, 5.74) is 0.300. The maximum atomic E-state index is 11.2. The van der Waals surface area contributed by atoms with E-state index in [9.17, 15) is 14.4 Å². The van der Waals surface area contributed by atoms with Crippen LogP contribution in [0.3, 0.4) is 0 Å². The number of carbonyl (C=O) groups excluding carboxylic acids is 3. The molecule has 7 heteroatoms. The van der Waals surface area contributed by atoms with Crippen molar-refractivity contribution in [2.75, 3.05) is 26.3 Å². The van der Waals surface area contributed by atoms with Crippen molar-refractivity contribution in [3.63, 3.8) is 0 Å². The summed E-state index contributed by atoms with van der Waals surface area (Å²) in [4.78, 5) is 33.0. The molecule has 2 amide bonds. The Labute approximate surface area is 118 Å². The van der Waals surface area contributed by atoms with Crippen LogP contribution in [0.4, 0.5) is 4.79 Å². The van der Waals surface area contributed by atoms with Crippen LogP contribution in [-0.2, 0) is 19.1 Å². The summed E-state index contributed by atoms with van der Waals surface area (Å²) in [6.45, 7) is 9.05. The highest BCUT2D eigenvalue weighted by molar-refractivity contribution is 5.87. The van der Waals surface area contributed by atoms with Crippen LogP contribution >= 0.6 is 0 Å². The van der Waals surface area contributed by atoms with Crippen molar-refractivity contribution < 1.29 is 23.9 Å². The van der Waals surface area contributed by atoms with Gasteiger partial charge < -0.3 is 20.1 Å². The highest BCUT2D eigenvalue weighted by Crippen LogP contribution is 1.90. The predicted molar refractivity (Wildman–Crippen MR) is 72.9 cm³/mol. The third-order valence-electron chi connectivity index (χ3n) is 1.99. The molecule has 112 valence electrons. The first kappa shape index (κ1) is 17.7. The first-order chi connectivity index (χ1) is 9.47. The van der Waals surface area contributed by atoms with Crippen LogP contribution < -0.4 is 10.6 Å². The zero-order chi connectivity index (χ0) is 15.4. The fourth-order valence-electron chi connectivity index (χ4n) is 0.992. The van der Waals surface area contributed by atoms with E-state index in [1.165, 1.54) is 13.0 Å². The van der Waals surface area contributed by atoms with E-state index < -0.39 is 12.1 Å². The van der Waals surface area contributed by atoms with Gasteiger partial charge >= 0.3 is 12.1 Å². The average molecular weight is 284 g/mol. The number of ether oxygens (including phenoxy) is 2. The molecule has 0 fully saturated rings. The van der Waals surface area contributed by atoms with Gasteiger partial charge in [-0.25, -0.2) is 9.59 Å². The summed E-state index contributed by atoms with van der Waals surface area (Å²) < 4.78 is 9.60. The lowest BCUT2D eigenvalue weighted by molar-refractivity contribution is -0.138. The Hall–Kier alpha value is -2.31. The van der Waals surface area contributed by atoms with Gasteiger partial charge in [-0.3, -0.25) is 4.79 Å². The largest absolute Gasteiger partial charge is 0.460 e. The van der Waals surface area contributed by atoms with Gasteiger partial charge in [-0.2, -0.15) is 0 Å². The van der Waals surface area contributed by atoms with Crippen LogP contribution in [0.5, 0.6) is 0 Å². The van der Waals surface area contributed by atoms with E-state index in [4.69, 9.17) is 9.47 Å². The average Bonchev–Trinajstić information content (AvgIpc) is 2.42. The third-order valence-corrected chi connectivity index (χ3v) is 1.99. The molecule has 0 atom stereocenters. The quantitative estimate of drug-likeness (QED) is 0.366. The number of nitrogens with one attached hydrogen (secondary N) is 2. The van der Waals surface area contributed by atoms with Crippen molar-refractivity contribution in [3.05, 3.63) is 24.8 Å². The SMILES string of the molecule is C=CC(=O)NCCCOC(=O)NCCOC(=O)C(=C)C. The molecule has 0 aliphatic heterocycles. The van der Waals surface area contributed by atoms with E-state index in [1.54, 1.807) is 0 Å². The van der Waals surface area contributed by atoms with E-state index >= 15 is 0 Å². The molecule has 0 aromatic rings. The Kier molecular flexibility index (Phi) is 9.37. The zero-order valence-electron chi connectivity index (χ0n) is 11.6. The lowest BCUT2D eigenvalue weighted by Crippen LogP contribution is -2.30. The molecular weight excluding hydrogens is 264 g/mol. The van der Waals surface area contributed by atoms with Gasteiger partial charge in [0.15, 0.2) is 0 Å². The minimum Gasteiger partial charge on any atom is -0.460 e. The first-order valence-electron chi connectivity index (χ1n) is 6.11. The van der Waals surface area contributed by atoms with E-state index in [0.717, 1.165) is 0 Å². The van der Waals surface area contributed by atoms with E-state index in [-0.39, 0.29) is 25.7 Å². The smallest absolute Gasteiger partial charge is 0.407 e. The van der Waals surface area contributed by atoms with E-state index in [0.29, 0.717) is 18.5 Å². The molecule has 0 aromatic heterocycles. The Morgan fingerprint density at radius 1 is 1.10 bits per heavy atom. The molecule has 0 saturated carbocycles. The predicted octanol–water partition coefficient (Wildman–Crippen LogP) is 0.524. The van der Waals surface area contributed by atoms with Crippen molar-refractivity contribution >= 4 is 18.0 Å². The molecule has 0 unspecified atom stereocenters. The molecule has 2 N–H and O–H groups in total. The first-order valence-corrected chi connectivity index (χ1v) is 6.11. The number of hydrogen-bond donors (Lipinski definition) is 2. The summed E-state index contributed by atoms with van der Waals surface area (Å²) in [6, 6.07) is 0. The Balaban J connectivity index is 3.46. The highest BCUT2D eigenvalue weighted by atomic mass is 16.6. The van der Waals surface area contributed by atoms with Crippen LogP contribution in [0.1, 0.15) is 13.3 Å². The minimum absolute atomic E-state index is 0.0518. The molecule has 7 nitrogen and oxygen atoms in total. The van der Waals surface area contributed by atoms with Gasteiger partial charge in [-0.05, 0) is 19.4 Å². The molecule has 0 saturated heterocycles. The van der Waals surface area contributed by atoms with Crippen molar-refractivity contribution in [2.24, 2.45) is 0 Å². The minimum atomic E-state index is -0.605. The van der Waals surface area contributed by atoms with Gasteiger partial charge in [-0.1, -0.05) is 13.2 Å². The maximum Gasteiger partial charge on any atom is 0.407 e. The summed E-state index contributed by atoms with van der Waals surface area (Å²) in [5.74, 6) is -0.771. The van der Waals surface area contributed by atoms with Crippen LogP contribution in [0.2, 0.25) is 0 Å². The summed E-state index contributed by atoms with van der Waals surface area (Å²) in [5, 5.41) is 4.96. The van der Waals surface area contributed by atoms with E-state index in [2.05, 4.69) is 23.8 Å². The molecule has 0 aromatic carbocycles. The maximum absolute atomic E-state index is 11.2. The van der Waals surface area contributed by atoms with Crippen molar-refractivity contribution in [2.45, 2.75) is 13.3 Å². The highest BCUT2D eigenvalue weighted by Gasteiger charge is 2.04. The molecular formula is C13H20N2O5. The van der Waals surface area contributed by atoms with Crippen molar-refractivity contribution in [1.29, 1.82) is 0 Å². The molecule has 0 rings (SSSR count). The lowest BCUT2D eigenvalue weighted by Gasteiger charge is -2.08. The van der Waals surface area contributed by atoms with Crippen LogP contribution in [0.25, 0.3) is 0 Å². The zero-order valence-corrected chi connectivity index (χ0v) is 11.6. The topological polar surface area (TPSA) is 93.7 Å². The molecule has 0 aliphatic carbocycles. The monoisotopic (exact) mass is 284 g/mol. The molecule has 0 aliphatic rings. The normalized spacial score (nSPS) is 9.25. The fraction of sp³-hybridized carbons (Fsp3) is 0.462. The summed E-state index contributed by atoms with van der Waals surface area (Å²) >= 11 is 0. The molecule has 0 spiro atoms. The standard InChI is InChI=1S/C13H20N2O5/c1-4-11(16)14-6-5-8-20-13(18)15-7-9-19-12(17)10(2)3/h4H,1-2,5-9H2,3H3,(H,14,16)(H,15,18). The number of esters is 1. The summed E-state index contributed by atoms with van der Waals surface area (Å²) in [6.07, 6.45) is 1.06. The van der Waals surface area contributed by atoms with Crippen LogP contribution in [0.15, 0.2) is 24.8 Å². The molecule has 0 bridgehead atoms. The summed E-state index contributed by atoms with van der Waals surface area (Å²) in [7, 11) is 0. The molecule has 0 heterocycles. The van der Waals surface area contributed by atoms with Gasteiger partial charge in [0.2, 0.25) is 5.91 Å². The van der Waals surface area contributed by atoms with Gasteiger partial charge in [0.1, 0.15) is 6.61 Å². The Bertz CT molecular complexity index is 379. The molecule has 0 radical (unpaired) electrons. The fourth-order valence-corrected chi connectivity index (χ4v) is 0.992.